The van der Waals surface area contributed by atoms with E-state index in [4.69, 9.17) is 5.11 Å². The van der Waals surface area contributed by atoms with Gasteiger partial charge < -0.3 is 15.7 Å². The third kappa shape index (κ3) is 2.70. The molecule has 0 bridgehead atoms. The Labute approximate surface area is 72.3 Å². The Morgan fingerprint density at radius 1 is 1.67 bits per heavy atom. The van der Waals surface area contributed by atoms with Crippen LogP contribution in [0.5, 0.6) is 0 Å². The van der Waals surface area contributed by atoms with E-state index in [0.29, 0.717) is 0 Å². The SMILES string of the molecule is CC(C)NC(=O)N[C@@H]1C[C@H]1CO. The first-order valence-electron chi connectivity index (χ1n) is 4.31. The molecule has 0 aromatic carbocycles. The number of aliphatic hydroxyl groups is 1. The van der Waals surface area contributed by atoms with Crippen LogP contribution < -0.4 is 10.6 Å². The van der Waals surface area contributed by atoms with Gasteiger partial charge in [0.25, 0.3) is 0 Å². The van der Waals surface area contributed by atoms with E-state index in [0.717, 1.165) is 6.42 Å². The molecule has 2 atom stereocenters. The maximum atomic E-state index is 11.1. The highest BCUT2D eigenvalue weighted by molar-refractivity contribution is 5.74. The summed E-state index contributed by atoms with van der Waals surface area (Å²) >= 11 is 0. The van der Waals surface area contributed by atoms with Crippen LogP contribution in [0.15, 0.2) is 0 Å². The van der Waals surface area contributed by atoms with Crippen LogP contribution in [0.3, 0.4) is 0 Å². The molecule has 0 saturated heterocycles. The topological polar surface area (TPSA) is 61.4 Å². The molecule has 4 heteroatoms. The number of carbonyl (C=O) groups is 1. The van der Waals surface area contributed by atoms with Gasteiger partial charge in [0.1, 0.15) is 0 Å². The Morgan fingerprint density at radius 2 is 2.33 bits per heavy atom. The second kappa shape index (κ2) is 3.76. The standard InChI is InChI=1S/C8H16N2O2/c1-5(2)9-8(12)10-7-3-6(7)4-11/h5-7,11H,3-4H2,1-2H3,(H2,9,10,12)/t6-,7+/m0/s1. The van der Waals surface area contributed by atoms with Gasteiger partial charge in [-0.05, 0) is 20.3 Å². The Hall–Kier alpha value is -0.770. The predicted octanol–water partition coefficient (Wildman–Crippen LogP) is 0.0748. The Kier molecular flexibility index (Phi) is 2.92. The fourth-order valence-corrected chi connectivity index (χ4v) is 1.10. The van der Waals surface area contributed by atoms with Crippen LogP contribution >= 0.6 is 0 Å². The number of aliphatic hydroxyl groups excluding tert-OH is 1. The minimum absolute atomic E-state index is 0.133. The van der Waals surface area contributed by atoms with Gasteiger partial charge in [-0.15, -0.1) is 0 Å². The molecule has 0 aliphatic heterocycles. The first-order chi connectivity index (χ1) is 5.63. The maximum absolute atomic E-state index is 11.1. The minimum atomic E-state index is -0.133. The van der Waals surface area contributed by atoms with Gasteiger partial charge in [-0.2, -0.15) is 0 Å². The monoisotopic (exact) mass is 172 g/mol. The molecule has 70 valence electrons. The van der Waals surface area contributed by atoms with Gasteiger partial charge in [-0.1, -0.05) is 0 Å². The largest absolute Gasteiger partial charge is 0.396 e. The van der Waals surface area contributed by atoms with Crippen LogP contribution in [0.25, 0.3) is 0 Å². The van der Waals surface area contributed by atoms with Crippen LogP contribution in [-0.2, 0) is 0 Å². The minimum Gasteiger partial charge on any atom is -0.396 e. The number of hydrogen-bond acceptors (Lipinski definition) is 2. The van der Waals surface area contributed by atoms with Crippen LogP contribution in [-0.4, -0.2) is 29.8 Å². The molecule has 0 aromatic heterocycles. The summed E-state index contributed by atoms with van der Waals surface area (Å²) in [6.07, 6.45) is 0.905. The molecular formula is C8H16N2O2. The van der Waals surface area contributed by atoms with E-state index in [-0.39, 0.29) is 30.6 Å². The number of urea groups is 1. The van der Waals surface area contributed by atoms with E-state index >= 15 is 0 Å². The van der Waals surface area contributed by atoms with Gasteiger partial charge in [-0.3, -0.25) is 0 Å². The number of amides is 2. The van der Waals surface area contributed by atoms with Gasteiger partial charge in [0, 0.05) is 24.6 Å². The number of rotatable bonds is 3. The molecule has 0 aromatic rings. The molecule has 3 N–H and O–H groups in total. The van der Waals surface area contributed by atoms with Crippen molar-refractivity contribution in [2.75, 3.05) is 6.61 Å². The van der Waals surface area contributed by atoms with Crippen molar-refractivity contribution in [2.45, 2.75) is 32.4 Å². The zero-order valence-corrected chi connectivity index (χ0v) is 7.50. The lowest BCUT2D eigenvalue weighted by molar-refractivity contribution is 0.235. The number of nitrogens with one attached hydrogen (secondary N) is 2. The second-order valence-electron chi connectivity index (χ2n) is 3.56. The molecule has 0 radical (unpaired) electrons. The quantitative estimate of drug-likeness (QED) is 0.564. The van der Waals surface area contributed by atoms with E-state index in [2.05, 4.69) is 10.6 Å². The summed E-state index contributed by atoms with van der Waals surface area (Å²) in [6, 6.07) is 0.219. The van der Waals surface area contributed by atoms with Gasteiger partial charge in [-0.25, -0.2) is 4.79 Å². The number of hydrogen-bond donors (Lipinski definition) is 3. The van der Waals surface area contributed by atoms with Gasteiger partial charge in [0.05, 0.1) is 0 Å². The molecular weight excluding hydrogens is 156 g/mol. The van der Waals surface area contributed by atoms with Crippen molar-refractivity contribution in [2.24, 2.45) is 5.92 Å². The molecule has 1 aliphatic carbocycles. The van der Waals surface area contributed by atoms with Crippen molar-refractivity contribution in [3.05, 3.63) is 0 Å². The summed E-state index contributed by atoms with van der Waals surface area (Å²) in [4.78, 5) is 11.1. The first-order valence-corrected chi connectivity index (χ1v) is 4.31. The summed E-state index contributed by atoms with van der Waals surface area (Å²) in [7, 11) is 0. The highest BCUT2D eigenvalue weighted by Crippen LogP contribution is 2.28. The van der Waals surface area contributed by atoms with Crippen LogP contribution in [0.2, 0.25) is 0 Å². The Morgan fingerprint density at radius 3 is 2.75 bits per heavy atom. The molecule has 1 fully saturated rings. The van der Waals surface area contributed by atoms with E-state index in [9.17, 15) is 4.79 Å². The van der Waals surface area contributed by atoms with Crippen molar-refractivity contribution in [1.82, 2.24) is 10.6 Å². The molecule has 1 aliphatic rings. The van der Waals surface area contributed by atoms with E-state index < -0.39 is 0 Å². The van der Waals surface area contributed by atoms with E-state index in [1.54, 1.807) is 0 Å². The van der Waals surface area contributed by atoms with E-state index in [1.807, 2.05) is 13.8 Å². The van der Waals surface area contributed by atoms with Crippen molar-refractivity contribution < 1.29 is 9.90 Å². The lowest BCUT2D eigenvalue weighted by Gasteiger charge is -2.09. The summed E-state index contributed by atoms with van der Waals surface area (Å²) in [5.41, 5.74) is 0. The molecule has 12 heavy (non-hydrogen) atoms. The molecule has 0 heterocycles. The third-order valence-electron chi connectivity index (χ3n) is 1.89. The highest BCUT2D eigenvalue weighted by atomic mass is 16.3. The lowest BCUT2D eigenvalue weighted by atomic mass is 10.4. The normalized spacial score (nSPS) is 27.0. The molecule has 4 nitrogen and oxygen atoms in total. The average molecular weight is 172 g/mol. The van der Waals surface area contributed by atoms with Crippen molar-refractivity contribution in [3.63, 3.8) is 0 Å². The summed E-state index contributed by atoms with van der Waals surface area (Å²) < 4.78 is 0. The first kappa shape index (κ1) is 9.32. The fraction of sp³-hybridized carbons (Fsp3) is 0.875. The molecule has 2 amide bonds. The summed E-state index contributed by atoms with van der Waals surface area (Å²) in [6.45, 7) is 4.00. The van der Waals surface area contributed by atoms with Crippen LogP contribution in [0, 0.1) is 5.92 Å². The van der Waals surface area contributed by atoms with Crippen molar-refractivity contribution in [1.29, 1.82) is 0 Å². The van der Waals surface area contributed by atoms with Crippen molar-refractivity contribution >= 4 is 6.03 Å². The molecule has 0 unspecified atom stereocenters. The molecule has 1 rings (SSSR count). The zero-order chi connectivity index (χ0) is 9.14. The summed E-state index contributed by atoms with van der Waals surface area (Å²) in [5, 5.41) is 14.2. The smallest absolute Gasteiger partial charge is 0.315 e. The van der Waals surface area contributed by atoms with Gasteiger partial charge in [0.15, 0.2) is 0 Å². The average Bonchev–Trinajstić information content (AvgIpc) is 2.65. The van der Waals surface area contributed by atoms with Gasteiger partial charge in [0.2, 0.25) is 0 Å². The Bertz CT molecular complexity index is 170. The predicted molar refractivity (Wildman–Crippen MR) is 45.8 cm³/mol. The van der Waals surface area contributed by atoms with Crippen molar-refractivity contribution in [3.8, 4) is 0 Å². The lowest BCUT2D eigenvalue weighted by Crippen LogP contribution is -2.41. The van der Waals surface area contributed by atoms with E-state index in [1.165, 1.54) is 0 Å². The van der Waals surface area contributed by atoms with Crippen LogP contribution in [0.1, 0.15) is 20.3 Å². The fourth-order valence-electron chi connectivity index (χ4n) is 1.10. The van der Waals surface area contributed by atoms with Crippen LogP contribution in [0.4, 0.5) is 4.79 Å². The van der Waals surface area contributed by atoms with Gasteiger partial charge >= 0.3 is 6.03 Å². The Balaban J connectivity index is 2.12. The molecule has 1 saturated carbocycles. The second-order valence-corrected chi connectivity index (χ2v) is 3.56. The maximum Gasteiger partial charge on any atom is 0.315 e. The highest BCUT2D eigenvalue weighted by Gasteiger charge is 2.37. The third-order valence-corrected chi connectivity index (χ3v) is 1.89. The zero-order valence-electron chi connectivity index (χ0n) is 7.50. The molecule has 0 spiro atoms. The summed E-state index contributed by atoms with van der Waals surface area (Å²) in [5.74, 6) is 0.280. The number of carbonyl (C=O) groups excluding carboxylic acids is 1.